The van der Waals surface area contributed by atoms with E-state index in [-0.39, 0.29) is 6.23 Å². The minimum Gasteiger partial charge on any atom is -0.464 e. The molecule has 1 heterocycles. The van der Waals surface area contributed by atoms with Gasteiger partial charge in [-0.3, -0.25) is 0 Å². The molecule has 1 aliphatic carbocycles. The van der Waals surface area contributed by atoms with Crippen molar-refractivity contribution in [2.45, 2.75) is 19.1 Å². The summed E-state index contributed by atoms with van der Waals surface area (Å²) in [5, 5.41) is 4.19. The second kappa shape index (κ2) is 5.67. The van der Waals surface area contributed by atoms with Gasteiger partial charge in [-0.05, 0) is 31.0 Å². The van der Waals surface area contributed by atoms with Gasteiger partial charge in [0, 0.05) is 27.4 Å². The summed E-state index contributed by atoms with van der Waals surface area (Å²) in [5.74, 6) is 0.849. The number of benzene rings is 2. The van der Waals surface area contributed by atoms with E-state index in [1.165, 1.54) is 0 Å². The third kappa shape index (κ3) is 2.57. The maximum Gasteiger partial charge on any atom is 0.196 e. The highest BCUT2D eigenvalue weighted by Crippen LogP contribution is 2.44. The highest BCUT2D eigenvalue weighted by atomic mass is 35.5. The van der Waals surface area contributed by atoms with Crippen LogP contribution in [0.1, 0.15) is 30.2 Å². The number of ether oxygens (including phenoxy) is 1. The molecule has 4 rings (SSSR count). The quantitative estimate of drug-likeness (QED) is 0.829. The van der Waals surface area contributed by atoms with Crippen molar-refractivity contribution < 1.29 is 4.74 Å². The number of rotatable bonds is 2. The summed E-state index contributed by atoms with van der Waals surface area (Å²) in [7, 11) is 0. The van der Waals surface area contributed by atoms with E-state index in [4.69, 9.17) is 22.1 Å². The Labute approximate surface area is 140 Å². The highest BCUT2D eigenvalue weighted by Gasteiger charge is 2.27. The molecule has 1 atom stereocenters. The molecule has 2 aromatic carbocycles. The van der Waals surface area contributed by atoms with E-state index < -0.39 is 0 Å². The van der Waals surface area contributed by atoms with Crippen molar-refractivity contribution in [2.24, 2.45) is 5.73 Å². The normalized spacial score (nSPS) is 19.3. The first-order valence-electron chi connectivity index (χ1n) is 7.70. The lowest BCUT2D eigenvalue weighted by atomic mass is 9.95. The smallest absolute Gasteiger partial charge is 0.196 e. The van der Waals surface area contributed by atoms with E-state index in [0.717, 1.165) is 51.7 Å². The summed E-state index contributed by atoms with van der Waals surface area (Å²) in [4.78, 5) is 0. The van der Waals surface area contributed by atoms with Gasteiger partial charge < -0.3 is 15.8 Å². The molecule has 2 aromatic rings. The zero-order valence-electron chi connectivity index (χ0n) is 12.6. The molecular formula is C19H17ClN2O. The Morgan fingerprint density at radius 1 is 1.04 bits per heavy atom. The molecule has 23 heavy (non-hydrogen) atoms. The Hall–Kier alpha value is -2.39. The fourth-order valence-corrected chi connectivity index (χ4v) is 3.16. The lowest BCUT2D eigenvalue weighted by molar-refractivity contribution is 0.260. The summed E-state index contributed by atoms with van der Waals surface area (Å²) in [6.07, 6.45) is 6.09. The van der Waals surface area contributed by atoms with Gasteiger partial charge >= 0.3 is 0 Å². The molecule has 4 heteroatoms. The Morgan fingerprint density at radius 2 is 1.83 bits per heavy atom. The van der Waals surface area contributed by atoms with E-state index in [2.05, 4.69) is 23.5 Å². The lowest BCUT2D eigenvalue weighted by Crippen LogP contribution is -2.11. The van der Waals surface area contributed by atoms with Crippen LogP contribution in [-0.4, -0.2) is 0 Å². The van der Waals surface area contributed by atoms with Gasteiger partial charge in [-0.2, -0.15) is 0 Å². The van der Waals surface area contributed by atoms with Gasteiger partial charge in [0.05, 0.1) is 5.69 Å². The molecule has 1 aliphatic heterocycles. The van der Waals surface area contributed by atoms with Crippen LogP contribution in [0.25, 0.3) is 5.57 Å². The second-order valence-electron chi connectivity index (χ2n) is 5.73. The third-order valence-corrected chi connectivity index (χ3v) is 4.45. The van der Waals surface area contributed by atoms with Crippen molar-refractivity contribution in [3.63, 3.8) is 0 Å². The molecule has 0 fully saturated rings. The summed E-state index contributed by atoms with van der Waals surface area (Å²) in [6.45, 7) is 0. The topological polar surface area (TPSA) is 47.3 Å². The van der Waals surface area contributed by atoms with Crippen LogP contribution in [0.5, 0.6) is 5.75 Å². The number of nitrogens with one attached hydrogen (secondary N) is 1. The predicted octanol–water partition coefficient (Wildman–Crippen LogP) is 4.86. The number of para-hydroxylation sites is 1. The number of nitrogens with two attached hydrogens (primary N) is 1. The van der Waals surface area contributed by atoms with Crippen LogP contribution >= 0.6 is 11.6 Å². The summed E-state index contributed by atoms with van der Waals surface area (Å²) >= 11 is 5.96. The maximum atomic E-state index is 6.18. The van der Waals surface area contributed by atoms with Crippen molar-refractivity contribution in [1.82, 2.24) is 0 Å². The van der Waals surface area contributed by atoms with Crippen LogP contribution in [0.4, 0.5) is 5.69 Å². The fourth-order valence-electron chi connectivity index (χ4n) is 3.04. The monoisotopic (exact) mass is 324 g/mol. The number of hydrogen-bond donors (Lipinski definition) is 2. The lowest BCUT2D eigenvalue weighted by Gasteiger charge is -2.15. The Kier molecular flexibility index (Phi) is 3.50. The molecule has 0 spiro atoms. The number of anilines is 1. The average molecular weight is 325 g/mol. The van der Waals surface area contributed by atoms with Gasteiger partial charge in [-0.25, -0.2) is 0 Å². The first-order chi connectivity index (χ1) is 11.2. The van der Waals surface area contributed by atoms with Crippen molar-refractivity contribution >= 4 is 22.9 Å². The zero-order chi connectivity index (χ0) is 15.8. The summed E-state index contributed by atoms with van der Waals surface area (Å²) in [6, 6.07) is 13.7. The van der Waals surface area contributed by atoms with Crippen LogP contribution in [0.15, 0.2) is 60.3 Å². The van der Waals surface area contributed by atoms with Gasteiger partial charge in [-0.1, -0.05) is 48.0 Å². The molecule has 2 aliphatic rings. The maximum absolute atomic E-state index is 6.18. The molecule has 3 N–H and O–H groups in total. The molecule has 1 unspecified atom stereocenters. The van der Waals surface area contributed by atoms with Crippen LogP contribution in [0.2, 0.25) is 5.02 Å². The van der Waals surface area contributed by atoms with E-state index in [1.54, 1.807) is 0 Å². The van der Waals surface area contributed by atoms with E-state index in [1.807, 2.05) is 36.4 Å². The van der Waals surface area contributed by atoms with Gasteiger partial charge in [0.15, 0.2) is 6.23 Å². The largest absolute Gasteiger partial charge is 0.464 e. The third-order valence-electron chi connectivity index (χ3n) is 4.20. The van der Waals surface area contributed by atoms with Gasteiger partial charge in [-0.15, -0.1) is 0 Å². The van der Waals surface area contributed by atoms with Gasteiger partial charge in [0.25, 0.3) is 0 Å². The Morgan fingerprint density at radius 3 is 2.61 bits per heavy atom. The first-order valence-corrected chi connectivity index (χ1v) is 8.08. The van der Waals surface area contributed by atoms with Crippen molar-refractivity contribution in [3.05, 3.63) is 76.5 Å². The van der Waals surface area contributed by atoms with Crippen LogP contribution in [0, 0.1) is 0 Å². The minimum atomic E-state index is -0.210. The predicted molar refractivity (Wildman–Crippen MR) is 94.4 cm³/mol. The Balaban J connectivity index is 1.69. The standard InChI is InChI=1S/C19H17ClN2O/c20-13-10-8-12(9-11-13)19-22-18-15(5-3-7-17(18)23-19)14-4-1-2-6-16(14)21/h3-11,19,22H,1-2,21H2. The fraction of sp³-hybridized carbons (Fsp3) is 0.158. The van der Waals surface area contributed by atoms with Crippen molar-refractivity contribution in [3.8, 4) is 5.75 Å². The molecule has 3 nitrogen and oxygen atoms in total. The molecule has 0 amide bonds. The molecular weight excluding hydrogens is 308 g/mol. The molecule has 116 valence electrons. The Bertz CT molecular complexity index is 809. The second-order valence-corrected chi connectivity index (χ2v) is 6.16. The molecule has 0 radical (unpaired) electrons. The highest BCUT2D eigenvalue weighted by molar-refractivity contribution is 6.30. The minimum absolute atomic E-state index is 0.210. The van der Waals surface area contributed by atoms with E-state index in [9.17, 15) is 0 Å². The molecule has 0 saturated carbocycles. The van der Waals surface area contributed by atoms with Gasteiger partial charge in [0.2, 0.25) is 0 Å². The average Bonchev–Trinajstić information content (AvgIpc) is 3.00. The number of halogens is 1. The van der Waals surface area contributed by atoms with E-state index >= 15 is 0 Å². The van der Waals surface area contributed by atoms with Gasteiger partial charge in [0.1, 0.15) is 5.75 Å². The zero-order valence-corrected chi connectivity index (χ0v) is 13.3. The molecule has 0 aromatic heterocycles. The molecule has 0 bridgehead atoms. The van der Waals surface area contributed by atoms with Crippen LogP contribution < -0.4 is 15.8 Å². The molecule has 0 saturated heterocycles. The number of fused-ring (bicyclic) bond motifs is 1. The summed E-state index contributed by atoms with van der Waals surface area (Å²) in [5.41, 5.74) is 11.2. The van der Waals surface area contributed by atoms with E-state index in [0.29, 0.717) is 0 Å². The SMILES string of the molecule is NC1=CCCC=C1c1cccc2c1NC(c1ccc(Cl)cc1)O2. The van der Waals surface area contributed by atoms with Crippen molar-refractivity contribution in [2.75, 3.05) is 5.32 Å². The number of hydrogen-bond acceptors (Lipinski definition) is 3. The van der Waals surface area contributed by atoms with Crippen LogP contribution in [0.3, 0.4) is 0 Å². The van der Waals surface area contributed by atoms with Crippen molar-refractivity contribution in [1.29, 1.82) is 0 Å². The number of allylic oxidation sites excluding steroid dienone is 3. The first kappa shape index (κ1) is 14.2. The summed E-state index contributed by atoms with van der Waals surface area (Å²) < 4.78 is 6.06. The van der Waals surface area contributed by atoms with Crippen LogP contribution in [-0.2, 0) is 0 Å².